The van der Waals surface area contributed by atoms with Gasteiger partial charge in [0, 0.05) is 0 Å². The van der Waals surface area contributed by atoms with E-state index in [1.807, 2.05) is 0 Å². The van der Waals surface area contributed by atoms with Crippen LogP contribution in [0.1, 0.15) is 14.9 Å². The van der Waals surface area contributed by atoms with Crippen LogP contribution in [0.3, 0.4) is 0 Å². The van der Waals surface area contributed by atoms with Crippen LogP contribution < -0.4 is 0 Å². The average molecular weight is 124 g/mol. The van der Waals surface area contributed by atoms with Crippen LogP contribution in [0.4, 0.5) is 0 Å². The molecule has 0 amide bonds. The molecule has 0 radical (unpaired) electrons. The van der Waals surface area contributed by atoms with Crippen molar-refractivity contribution < 1.29 is 11.0 Å². The summed E-state index contributed by atoms with van der Waals surface area (Å²) in [5.74, 6) is 0. The van der Waals surface area contributed by atoms with Crippen molar-refractivity contribution in [2.24, 2.45) is 0 Å². The maximum absolute atomic E-state index is 0. The maximum atomic E-state index is 0. The van der Waals surface area contributed by atoms with E-state index in [2.05, 4.69) is 0 Å². The molecular formula is C2H17AlMgO2. The van der Waals surface area contributed by atoms with Crippen molar-refractivity contribution in [3.63, 3.8) is 0 Å². The summed E-state index contributed by atoms with van der Waals surface area (Å²) in [6, 6.07) is 0. The van der Waals surface area contributed by atoms with Crippen LogP contribution in [0.2, 0.25) is 0 Å². The van der Waals surface area contributed by atoms with Crippen molar-refractivity contribution in [3.8, 4) is 0 Å². The Labute approximate surface area is 66.2 Å². The summed E-state index contributed by atoms with van der Waals surface area (Å²) in [6.07, 6.45) is 0. The predicted octanol–water partition coefficient (Wildman–Crippen LogP) is -2.48. The molecule has 0 atom stereocenters. The third-order valence-electron chi connectivity index (χ3n) is 0. The van der Waals surface area contributed by atoms with E-state index >= 15 is 0 Å². The van der Waals surface area contributed by atoms with Gasteiger partial charge in [-0.2, -0.15) is 0 Å². The molecule has 0 saturated carbocycles. The van der Waals surface area contributed by atoms with Gasteiger partial charge in [-0.15, -0.1) is 0 Å². The first-order chi connectivity index (χ1) is 0. The molecule has 0 heterocycles. The Hall–Kier alpha value is 1.22. The van der Waals surface area contributed by atoms with Crippen molar-refractivity contribution in [2.75, 3.05) is 0 Å². The summed E-state index contributed by atoms with van der Waals surface area (Å²) in [6.45, 7) is 0. The van der Waals surface area contributed by atoms with Gasteiger partial charge in [0.2, 0.25) is 0 Å². The Balaban J connectivity index is 0. The van der Waals surface area contributed by atoms with Crippen molar-refractivity contribution in [1.82, 2.24) is 0 Å². The van der Waals surface area contributed by atoms with Crippen LogP contribution in [0.25, 0.3) is 0 Å². The van der Waals surface area contributed by atoms with Gasteiger partial charge in [0.05, 0.1) is 0 Å². The van der Waals surface area contributed by atoms with Gasteiger partial charge in [-0.25, -0.2) is 0 Å². The van der Waals surface area contributed by atoms with Crippen LogP contribution in [-0.4, -0.2) is 51.4 Å². The standard InChI is InChI=1S/2CH4.Al.Mg.2H2O.5H/h2*1H4;;;2*1H2;;;;;. The highest BCUT2D eigenvalue weighted by atomic mass is 27.0. The van der Waals surface area contributed by atoms with Gasteiger partial charge in [-0.05, 0) is 0 Å². The quantitative estimate of drug-likeness (QED) is 0.321. The zero-order valence-electron chi connectivity index (χ0n) is 1.00. The zero-order chi connectivity index (χ0) is 0. The largest absolute Gasteiger partial charge is 0.412 e. The number of rotatable bonds is 0. The van der Waals surface area contributed by atoms with Gasteiger partial charge >= 0.3 is 23.1 Å². The summed E-state index contributed by atoms with van der Waals surface area (Å²) >= 11 is 0. The molecule has 0 aromatic rings. The van der Waals surface area contributed by atoms with Gasteiger partial charge in [0.25, 0.3) is 0 Å². The third kappa shape index (κ3) is 62.5. The maximum Gasteiger partial charge on any atom is 0.316 e. The van der Waals surface area contributed by atoms with E-state index in [9.17, 15) is 0 Å². The molecule has 0 aliphatic carbocycles. The second-order valence-corrected chi connectivity index (χ2v) is 0. The van der Waals surface area contributed by atoms with Crippen LogP contribution in [-0.2, 0) is 0 Å². The van der Waals surface area contributed by atoms with E-state index in [4.69, 9.17) is 0 Å². The Morgan fingerprint density at radius 3 is 0.667 bits per heavy atom. The SMILES string of the molecule is C.C.O.O.[AlH3].[MgH2]. The first-order valence-electron chi connectivity index (χ1n) is 0. The molecule has 0 aliphatic rings. The Morgan fingerprint density at radius 2 is 0.667 bits per heavy atom. The predicted molar refractivity (Wildman–Crippen MR) is 39.2 cm³/mol. The summed E-state index contributed by atoms with van der Waals surface area (Å²) in [7, 11) is 0. The van der Waals surface area contributed by atoms with E-state index < -0.39 is 0 Å². The third-order valence-corrected chi connectivity index (χ3v) is 0. The lowest BCUT2D eigenvalue weighted by Crippen LogP contribution is -0.382. The molecule has 42 valence electrons. The van der Waals surface area contributed by atoms with Gasteiger partial charge in [-0.3, -0.25) is 0 Å². The number of hydrogen-bond acceptors (Lipinski definition) is 0. The number of hydrogen-bond donors (Lipinski definition) is 0. The zero-order valence-corrected chi connectivity index (χ0v) is 1.00. The lowest BCUT2D eigenvalue weighted by Gasteiger charge is -0.413. The van der Waals surface area contributed by atoms with E-state index in [1.54, 1.807) is 0 Å². The molecule has 0 unspecified atom stereocenters. The topological polar surface area (TPSA) is 63.0 Å². The van der Waals surface area contributed by atoms with Crippen LogP contribution in [0.15, 0.2) is 0 Å². The monoisotopic (exact) mass is 124 g/mol. The lowest BCUT2D eigenvalue weighted by atomic mass is 12.0. The molecule has 0 saturated heterocycles. The fourth-order valence-corrected chi connectivity index (χ4v) is 0. The van der Waals surface area contributed by atoms with E-state index in [0.717, 1.165) is 0 Å². The Morgan fingerprint density at radius 1 is 0.667 bits per heavy atom. The van der Waals surface area contributed by atoms with Crippen molar-refractivity contribution in [1.29, 1.82) is 0 Å². The highest BCUT2D eigenvalue weighted by molar-refractivity contribution is 5.76. The molecule has 4 heteroatoms. The van der Waals surface area contributed by atoms with Gasteiger partial charge in [-0.1, -0.05) is 14.9 Å². The molecule has 0 aromatic carbocycles. The van der Waals surface area contributed by atoms with Crippen molar-refractivity contribution in [2.45, 2.75) is 14.9 Å². The summed E-state index contributed by atoms with van der Waals surface area (Å²) in [5.41, 5.74) is 0. The Bertz CT molecular complexity index is 11.5. The summed E-state index contributed by atoms with van der Waals surface area (Å²) in [4.78, 5) is 0. The van der Waals surface area contributed by atoms with E-state index in [1.165, 1.54) is 0 Å². The van der Waals surface area contributed by atoms with Crippen molar-refractivity contribution in [3.05, 3.63) is 0 Å². The van der Waals surface area contributed by atoms with Crippen LogP contribution in [0, 0.1) is 0 Å². The van der Waals surface area contributed by atoms with Crippen LogP contribution in [0.5, 0.6) is 0 Å². The molecule has 0 bridgehead atoms. The molecule has 0 aliphatic heterocycles. The normalized spacial score (nSPS) is 0. The highest BCUT2D eigenvalue weighted by Crippen LogP contribution is 0.145. The minimum atomic E-state index is 0. The second kappa shape index (κ2) is 114. The fourth-order valence-electron chi connectivity index (χ4n) is 0. The average Bonchev–Trinajstić information content (AvgIpc) is 0. The van der Waals surface area contributed by atoms with E-state index in [0.29, 0.717) is 0 Å². The minimum absolute atomic E-state index is 0. The van der Waals surface area contributed by atoms with E-state index in [-0.39, 0.29) is 66.2 Å². The first-order valence-corrected chi connectivity index (χ1v) is 0. The van der Waals surface area contributed by atoms with Crippen LogP contribution >= 0.6 is 0 Å². The fraction of sp³-hybridized carbons (Fsp3) is 1.00. The van der Waals surface area contributed by atoms with Gasteiger partial charge in [0.1, 0.15) is 0 Å². The Kier molecular flexibility index (Phi) is 3570. The summed E-state index contributed by atoms with van der Waals surface area (Å²) < 4.78 is 0. The smallest absolute Gasteiger partial charge is 0.316 e. The summed E-state index contributed by atoms with van der Waals surface area (Å²) in [5, 5.41) is 0. The van der Waals surface area contributed by atoms with Gasteiger partial charge < -0.3 is 11.0 Å². The molecule has 2 nitrogen and oxygen atoms in total. The molecule has 0 spiro atoms. The highest BCUT2D eigenvalue weighted by Gasteiger charge is 0.316. The molecule has 0 fully saturated rings. The second-order valence-electron chi connectivity index (χ2n) is 0. The van der Waals surface area contributed by atoms with Crippen molar-refractivity contribution >= 4 is 40.4 Å². The molecule has 4 N–H and O–H groups in total. The molecule has 0 rings (SSSR count). The van der Waals surface area contributed by atoms with Gasteiger partial charge in [0.15, 0.2) is 17.4 Å². The lowest BCUT2D eigenvalue weighted by molar-refractivity contribution is 0.823. The molecule has 6 heavy (non-hydrogen) atoms. The minimum Gasteiger partial charge on any atom is -0.412 e. The molecular weight excluding hydrogens is 107 g/mol. The molecule has 0 aromatic heterocycles. The first kappa shape index (κ1) is 188.